The van der Waals surface area contributed by atoms with Crippen LogP contribution in [0.2, 0.25) is 0 Å². The lowest BCUT2D eigenvalue weighted by molar-refractivity contribution is -0.116. The number of unbranched alkanes of at least 4 members (excludes halogenated alkanes) is 1. The summed E-state index contributed by atoms with van der Waals surface area (Å²) in [5, 5.41) is 5.40. The number of hydrogen-bond donors (Lipinski definition) is 1. The maximum absolute atomic E-state index is 12.9. The second-order valence-electron chi connectivity index (χ2n) is 9.50. The molecule has 0 radical (unpaired) electrons. The minimum atomic E-state index is -0.450. The van der Waals surface area contributed by atoms with Gasteiger partial charge in [-0.3, -0.25) is 4.79 Å². The summed E-state index contributed by atoms with van der Waals surface area (Å²) in [4.78, 5) is 25.7. The van der Waals surface area contributed by atoms with Crippen LogP contribution in [0.4, 0.5) is 5.00 Å². The molecule has 0 saturated heterocycles. The molecule has 202 valence electrons. The summed E-state index contributed by atoms with van der Waals surface area (Å²) in [7, 11) is 1.37. The minimum absolute atomic E-state index is 0.157. The smallest absolute Gasteiger partial charge is 0.341 e. The molecule has 1 aliphatic carbocycles. The molecule has 1 N–H and O–H groups in total. The first kappa shape index (κ1) is 27.7. The molecule has 1 amide bonds. The highest BCUT2D eigenvalue weighted by molar-refractivity contribution is 7.15. The number of aryl methyl sites for hydroxylation is 3. The molecule has 1 aliphatic rings. The second kappa shape index (κ2) is 13.5. The van der Waals surface area contributed by atoms with Gasteiger partial charge in [-0.1, -0.05) is 37.6 Å². The molecule has 2 aromatic carbocycles. The quantitative estimate of drug-likeness (QED) is 0.196. The number of rotatable bonds is 12. The Hall–Kier alpha value is -3.32. The minimum Gasteiger partial charge on any atom is -0.490 e. The Morgan fingerprint density at radius 2 is 1.79 bits per heavy atom. The maximum Gasteiger partial charge on any atom is 0.341 e. The van der Waals surface area contributed by atoms with Gasteiger partial charge in [0.05, 0.1) is 20.3 Å². The van der Waals surface area contributed by atoms with E-state index in [-0.39, 0.29) is 12.3 Å². The van der Waals surface area contributed by atoms with Gasteiger partial charge in [-0.05, 0) is 79.8 Å². The van der Waals surface area contributed by atoms with Crippen LogP contribution in [0.25, 0.3) is 11.1 Å². The van der Waals surface area contributed by atoms with E-state index >= 15 is 0 Å². The van der Waals surface area contributed by atoms with Gasteiger partial charge in [0.15, 0.2) is 11.5 Å². The Morgan fingerprint density at radius 3 is 2.55 bits per heavy atom. The Balaban J connectivity index is 1.46. The number of carbonyl (C=O) groups is 2. The van der Waals surface area contributed by atoms with E-state index in [1.54, 1.807) is 0 Å². The van der Waals surface area contributed by atoms with Crippen molar-refractivity contribution in [1.29, 1.82) is 0 Å². The van der Waals surface area contributed by atoms with E-state index in [1.807, 2.05) is 30.5 Å². The molecule has 6 nitrogen and oxygen atoms in total. The molecular formula is C31H37NO5S. The van der Waals surface area contributed by atoms with Crippen LogP contribution in [-0.2, 0) is 28.8 Å². The van der Waals surface area contributed by atoms with Crippen molar-refractivity contribution in [2.75, 3.05) is 25.6 Å². The summed E-state index contributed by atoms with van der Waals surface area (Å²) in [5.74, 6) is 0.816. The lowest BCUT2D eigenvalue weighted by Gasteiger charge is -2.16. The van der Waals surface area contributed by atoms with Gasteiger partial charge >= 0.3 is 5.97 Å². The first-order valence-electron chi connectivity index (χ1n) is 13.5. The fourth-order valence-electron chi connectivity index (χ4n) is 4.74. The van der Waals surface area contributed by atoms with Gasteiger partial charge in [-0.15, -0.1) is 11.3 Å². The number of nitrogens with one attached hydrogen (secondary N) is 1. The monoisotopic (exact) mass is 535 g/mol. The van der Waals surface area contributed by atoms with Crippen molar-refractivity contribution in [3.63, 3.8) is 0 Å². The fourth-order valence-corrected chi connectivity index (χ4v) is 5.71. The molecule has 0 atom stereocenters. The SMILES string of the molecule is CCCCOc1ccc(CCC(=O)Nc2scc(-c3ccc4c(c3)CCCC4)c2C(=O)OC)cc1OCC. The average molecular weight is 536 g/mol. The van der Waals surface area contributed by atoms with Gasteiger partial charge < -0.3 is 19.5 Å². The number of fused-ring (bicyclic) bond motifs is 1. The number of benzene rings is 2. The van der Waals surface area contributed by atoms with Crippen LogP contribution < -0.4 is 14.8 Å². The van der Waals surface area contributed by atoms with Crippen molar-refractivity contribution in [3.8, 4) is 22.6 Å². The molecule has 0 saturated carbocycles. The van der Waals surface area contributed by atoms with E-state index in [9.17, 15) is 9.59 Å². The van der Waals surface area contributed by atoms with Gasteiger partial charge in [0.25, 0.3) is 0 Å². The number of carbonyl (C=O) groups excluding carboxylic acids is 2. The number of methoxy groups -OCH3 is 1. The third-order valence-electron chi connectivity index (χ3n) is 6.80. The van der Waals surface area contributed by atoms with Crippen LogP contribution in [0.3, 0.4) is 0 Å². The van der Waals surface area contributed by atoms with Crippen molar-refractivity contribution < 1.29 is 23.8 Å². The van der Waals surface area contributed by atoms with Crippen LogP contribution in [0.5, 0.6) is 11.5 Å². The summed E-state index contributed by atoms with van der Waals surface area (Å²) in [5.41, 5.74) is 5.90. The zero-order valence-electron chi connectivity index (χ0n) is 22.6. The zero-order valence-corrected chi connectivity index (χ0v) is 23.4. The zero-order chi connectivity index (χ0) is 26.9. The van der Waals surface area contributed by atoms with E-state index in [1.165, 1.54) is 42.4 Å². The lowest BCUT2D eigenvalue weighted by Crippen LogP contribution is -2.14. The Bertz CT molecular complexity index is 1270. The average Bonchev–Trinajstić information content (AvgIpc) is 3.35. The van der Waals surface area contributed by atoms with Crippen LogP contribution in [0, 0.1) is 0 Å². The van der Waals surface area contributed by atoms with Crippen molar-refractivity contribution >= 4 is 28.2 Å². The van der Waals surface area contributed by atoms with Gasteiger partial charge in [-0.25, -0.2) is 4.79 Å². The van der Waals surface area contributed by atoms with Crippen LogP contribution >= 0.6 is 11.3 Å². The molecule has 38 heavy (non-hydrogen) atoms. The predicted molar refractivity (Wildman–Crippen MR) is 153 cm³/mol. The van der Waals surface area contributed by atoms with Crippen molar-refractivity contribution in [2.45, 2.75) is 65.2 Å². The first-order chi connectivity index (χ1) is 18.5. The number of anilines is 1. The molecule has 1 aromatic heterocycles. The van der Waals surface area contributed by atoms with Gasteiger partial charge in [0.2, 0.25) is 5.91 Å². The molecular weight excluding hydrogens is 498 g/mol. The summed E-state index contributed by atoms with van der Waals surface area (Å²) < 4.78 is 16.7. The number of thiophene rings is 1. The number of ether oxygens (including phenoxy) is 3. The predicted octanol–water partition coefficient (Wildman–Crippen LogP) is 7.23. The van der Waals surface area contributed by atoms with Crippen LogP contribution in [-0.4, -0.2) is 32.2 Å². The molecule has 3 aromatic rings. The highest BCUT2D eigenvalue weighted by atomic mass is 32.1. The van der Waals surface area contributed by atoms with Gasteiger partial charge in [-0.2, -0.15) is 0 Å². The normalized spacial score (nSPS) is 12.5. The van der Waals surface area contributed by atoms with Crippen LogP contribution in [0.1, 0.15) is 73.0 Å². The molecule has 0 spiro atoms. The summed E-state index contributed by atoms with van der Waals surface area (Å²) in [6.45, 7) is 5.25. The Morgan fingerprint density at radius 1 is 0.974 bits per heavy atom. The molecule has 7 heteroatoms. The number of hydrogen-bond acceptors (Lipinski definition) is 6. The van der Waals surface area contributed by atoms with Crippen molar-refractivity contribution in [1.82, 2.24) is 0 Å². The molecule has 0 bridgehead atoms. The van der Waals surface area contributed by atoms with E-state index in [0.29, 0.717) is 35.9 Å². The van der Waals surface area contributed by atoms with E-state index in [2.05, 4.69) is 30.4 Å². The molecule has 1 heterocycles. The van der Waals surface area contributed by atoms with E-state index in [0.717, 1.165) is 48.1 Å². The Labute approximate surface area is 229 Å². The largest absolute Gasteiger partial charge is 0.490 e. The van der Waals surface area contributed by atoms with E-state index < -0.39 is 5.97 Å². The Kier molecular flexibility index (Phi) is 9.82. The fraction of sp³-hybridized carbons (Fsp3) is 0.419. The maximum atomic E-state index is 12.9. The molecule has 0 fully saturated rings. The standard InChI is InChI=1S/C31H37NO5S/c1-4-6-17-37-26-15-11-21(18-27(26)36-5-2)12-16-28(33)32-30-29(31(34)35-3)25(20-38-30)24-14-13-22-9-7-8-10-23(22)19-24/h11,13-15,18-20H,4-10,12,16-17H2,1-3H3,(H,32,33). The second-order valence-corrected chi connectivity index (χ2v) is 10.4. The topological polar surface area (TPSA) is 73.9 Å². The van der Waals surface area contributed by atoms with Gasteiger partial charge in [0.1, 0.15) is 10.6 Å². The van der Waals surface area contributed by atoms with Crippen molar-refractivity contribution in [2.24, 2.45) is 0 Å². The van der Waals surface area contributed by atoms with Gasteiger partial charge in [0, 0.05) is 17.4 Å². The highest BCUT2D eigenvalue weighted by Gasteiger charge is 2.23. The summed E-state index contributed by atoms with van der Waals surface area (Å²) in [6.07, 6.45) is 7.43. The summed E-state index contributed by atoms with van der Waals surface area (Å²) >= 11 is 1.35. The number of amides is 1. The summed E-state index contributed by atoms with van der Waals surface area (Å²) in [6, 6.07) is 12.2. The molecule has 4 rings (SSSR count). The third-order valence-corrected chi connectivity index (χ3v) is 7.69. The lowest BCUT2D eigenvalue weighted by atomic mass is 9.89. The number of esters is 1. The van der Waals surface area contributed by atoms with Crippen molar-refractivity contribution in [3.05, 3.63) is 64.0 Å². The highest BCUT2D eigenvalue weighted by Crippen LogP contribution is 2.38. The van der Waals surface area contributed by atoms with Crippen LogP contribution in [0.15, 0.2) is 41.8 Å². The third kappa shape index (κ3) is 6.76. The first-order valence-corrected chi connectivity index (χ1v) is 14.4. The molecule has 0 aliphatic heterocycles. The molecule has 0 unspecified atom stereocenters. The van der Waals surface area contributed by atoms with E-state index in [4.69, 9.17) is 14.2 Å².